The van der Waals surface area contributed by atoms with Gasteiger partial charge in [0, 0.05) is 25.7 Å². The summed E-state index contributed by atoms with van der Waals surface area (Å²) in [5, 5.41) is 10.6. The number of carbonyl (C=O) groups excluding carboxylic acids is 4. The third-order valence-corrected chi connectivity index (χ3v) is 19.0. The average Bonchev–Trinajstić information content (AvgIpc) is 2.35. The van der Waals surface area contributed by atoms with E-state index in [9.17, 15) is 43.2 Å². The molecule has 3 unspecified atom stereocenters. The van der Waals surface area contributed by atoms with Gasteiger partial charge in [0.1, 0.15) is 19.3 Å². The van der Waals surface area contributed by atoms with Crippen molar-refractivity contribution < 1.29 is 80.2 Å². The lowest BCUT2D eigenvalue weighted by Crippen LogP contribution is -2.30. The van der Waals surface area contributed by atoms with Crippen molar-refractivity contribution >= 4 is 39.5 Å². The van der Waals surface area contributed by atoms with Gasteiger partial charge in [-0.3, -0.25) is 37.3 Å². The second-order valence-electron chi connectivity index (χ2n) is 28.6. The Morgan fingerprint density at radius 1 is 0.269 bits per heavy atom. The summed E-state index contributed by atoms with van der Waals surface area (Å²) in [7, 11) is -9.91. The largest absolute Gasteiger partial charge is 0.472 e. The third-order valence-electron chi connectivity index (χ3n) is 17.1. The lowest BCUT2D eigenvalue weighted by molar-refractivity contribution is -0.161. The fourth-order valence-electron chi connectivity index (χ4n) is 11.2. The zero-order chi connectivity index (χ0) is 68.9. The molecule has 0 aliphatic heterocycles. The van der Waals surface area contributed by atoms with Crippen LogP contribution in [0.25, 0.3) is 0 Å². The molecule has 5 atom stereocenters. The molecule has 0 aliphatic carbocycles. The van der Waals surface area contributed by atoms with Gasteiger partial charge in [-0.15, -0.1) is 0 Å². The topological polar surface area (TPSA) is 237 Å². The Bertz CT molecular complexity index is 1830. The molecule has 0 fully saturated rings. The number of esters is 4. The van der Waals surface area contributed by atoms with E-state index in [1.807, 2.05) is 0 Å². The molecule has 0 aliphatic rings. The normalized spacial score (nSPS) is 14.2. The maximum atomic E-state index is 13.0. The summed E-state index contributed by atoms with van der Waals surface area (Å²) >= 11 is 0. The van der Waals surface area contributed by atoms with Crippen molar-refractivity contribution in [2.45, 2.75) is 388 Å². The zero-order valence-corrected chi connectivity index (χ0v) is 62.7. The number of phosphoric ester groups is 2. The number of aliphatic hydroxyl groups excluding tert-OH is 1. The fraction of sp³-hybridized carbons (Fsp3) is 0.946. The highest BCUT2D eigenvalue weighted by atomic mass is 31.2. The van der Waals surface area contributed by atoms with E-state index in [1.54, 1.807) is 0 Å². The standard InChI is InChI=1S/C74H144O17P2/c1-64(2)50-42-34-26-19-17-15-13-11-9-10-12-14-16-18-20-31-40-48-56-73(78)90-70(61-85-72(77)55-47-39-33-25-29-37-45-53-67(7)8)63-89-93(82,83)87-59-68(75)58-86-92(80,81)88-62-69(91-74(79)57-49-41-32-24-22-28-36-44-52-66(5)6)60-84-71(76)54-46-38-30-23-21-27-35-43-51-65(3)4/h64-70,75H,9-63H2,1-8H3,(H,80,81)(H,82,83)/t68?,69-,70-/m1/s1. The summed E-state index contributed by atoms with van der Waals surface area (Å²) < 4.78 is 68.4. The van der Waals surface area contributed by atoms with Gasteiger partial charge in [-0.05, 0) is 49.4 Å². The van der Waals surface area contributed by atoms with Crippen LogP contribution in [-0.4, -0.2) is 96.7 Å². The fourth-order valence-corrected chi connectivity index (χ4v) is 12.8. The van der Waals surface area contributed by atoms with Gasteiger partial charge in [0.25, 0.3) is 0 Å². The quantitative estimate of drug-likeness (QED) is 0.0222. The molecule has 3 N–H and O–H groups in total. The number of carbonyl (C=O) groups is 4. The van der Waals surface area contributed by atoms with E-state index >= 15 is 0 Å². The van der Waals surface area contributed by atoms with E-state index in [1.165, 1.54) is 167 Å². The zero-order valence-electron chi connectivity index (χ0n) is 60.9. The van der Waals surface area contributed by atoms with Crippen molar-refractivity contribution in [3.05, 3.63) is 0 Å². The minimum Gasteiger partial charge on any atom is -0.462 e. The average molecular weight is 1370 g/mol. The van der Waals surface area contributed by atoms with E-state index in [-0.39, 0.29) is 25.7 Å². The van der Waals surface area contributed by atoms with Crippen molar-refractivity contribution in [1.82, 2.24) is 0 Å². The molecule has 0 amide bonds. The summed E-state index contributed by atoms with van der Waals surface area (Å²) in [4.78, 5) is 72.6. The van der Waals surface area contributed by atoms with Crippen molar-refractivity contribution in [2.24, 2.45) is 23.7 Å². The van der Waals surface area contributed by atoms with Gasteiger partial charge in [-0.2, -0.15) is 0 Å². The molecule has 17 nitrogen and oxygen atoms in total. The number of rotatable bonds is 71. The summed E-state index contributed by atoms with van der Waals surface area (Å²) in [5.74, 6) is 0.842. The number of ether oxygens (including phenoxy) is 4. The van der Waals surface area contributed by atoms with Crippen LogP contribution < -0.4 is 0 Å². The molecule has 0 heterocycles. The molecular weight excluding hydrogens is 1220 g/mol. The predicted molar refractivity (Wildman–Crippen MR) is 377 cm³/mol. The Kier molecular flexibility index (Phi) is 62.2. The molecule has 0 rings (SSSR count). The lowest BCUT2D eigenvalue weighted by atomic mass is 10.0. The van der Waals surface area contributed by atoms with E-state index in [0.29, 0.717) is 31.6 Å². The number of hydrogen-bond acceptors (Lipinski definition) is 15. The number of aliphatic hydroxyl groups is 1. The molecule has 0 saturated carbocycles. The van der Waals surface area contributed by atoms with Crippen molar-refractivity contribution in [1.29, 1.82) is 0 Å². The Labute approximate surface area is 568 Å². The molecule has 0 bridgehead atoms. The first kappa shape index (κ1) is 91.1. The molecule has 0 aromatic rings. The predicted octanol–water partition coefficient (Wildman–Crippen LogP) is 21.3. The highest BCUT2D eigenvalue weighted by molar-refractivity contribution is 7.47. The lowest BCUT2D eigenvalue weighted by Gasteiger charge is -2.21. The molecule has 0 radical (unpaired) electrons. The van der Waals surface area contributed by atoms with E-state index in [2.05, 4.69) is 55.4 Å². The first-order valence-corrected chi connectivity index (χ1v) is 41.2. The van der Waals surface area contributed by atoms with Crippen LogP contribution in [0.15, 0.2) is 0 Å². The van der Waals surface area contributed by atoms with Gasteiger partial charge in [0.15, 0.2) is 12.2 Å². The van der Waals surface area contributed by atoms with Gasteiger partial charge in [-0.25, -0.2) is 9.13 Å². The second kappa shape index (κ2) is 63.5. The number of unbranched alkanes of at least 4 members (excludes halogenated alkanes) is 37. The molecule has 93 heavy (non-hydrogen) atoms. The summed E-state index contributed by atoms with van der Waals surface area (Å²) in [5.41, 5.74) is 0. The van der Waals surface area contributed by atoms with Gasteiger partial charge in [0.05, 0.1) is 26.4 Å². The SMILES string of the molecule is CC(C)CCCCCCCCCCCCCCCCCCCCC(=O)O[C@H](COC(=O)CCCCCCCCCC(C)C)COP(=O)(O)OCC(O)COP(=O)(O)OC[C@@H](COC(=O)CCCCCCCCCCC(C)C)OC(=O)CCCCCCCCCCC(C)C. The molecule has 19 heteroatoms. The van der Waals surface area contributed by atoms with Crippen LogP contribution >= 0.6 is 15.6 Å². The van der Waals surface area contributed by atoms with Crippen LogP contribution in [0, 0.1) is 23.7 Å². The van der Waals surface area contributed by atoms with E-state index in [4.69, 9.17) is 37.0 Å². The van der Waals surface area contributed by atoms with Crippen molar-refractivity contribution in [2.75, 3.05) is 39.6 Å². The van der Waals surface area contributed by atoms with Crippen LogP contribution in [0.4, 0.5) is 0 Å². The minimum absolute atomic E-state index is 0.103. The second-order valence-corrected chi connectivity index (χ2v) is 31.5. The molecule has 0 aromatic heterocycles. The first-order valence-electron chi connectivity index (χ1n) is 38.2. The van der Waals surface area contributed by atoms with Crippen LogP contribution in [-0.2, 0) is 65.4 Å². The molecular formula is C74H144O17P2. The van der Waals surface area contributed by atoms with Gasteiger partial charge in [0.2, 0.25) is 0 Å². The van der Waals surface area contributed by atoms with Crippen LogP contribution in [0.3, 0.4) is 0 Å². The third kappa shape index (κ3) is 68.4. The number of phosphoric acid groups is 2. The maximum Gasteiger partial charge on any atom is 0.472 e. The Balaban J connectivity index is 5.17. The summed E-state index contributed by atoms with van der Waals surface area (Å²) in [6.07, 6.45) is 47.5. The van der Waals surface area contributed by atoms with Crippen molar-refractivity contribution in [3.63, 3.8) is 0 Å². The van der Waals surface area contributed by atoms with E-state index < -0.39 is 97.5 Å². The highest BCUT2D eigenvalue weighted by Crippen LogP contribution is 2.45. The Morgan fingerprint density at radius 3 is 0.667 bits per heavy atom. The van der Waals surface area contributed by atoms with Crippen molar-refractivity contribution in [3.8, 4) is 0 Å². The van der Waals surface area contributed by atoms with Gasteiger partial charge in [-0.1, -0.05) is 319 Å². The monoisotopic (exact) mass is 1370 g/mol. The molecule has 0 aromatic carbocycles. The number of hydrogen-bond donors (Lipinski definition) is 3. The van der Waals surface area contributed by atoms with Crippen LogP contribution in [0.5, 0.6) is 0 Å². The Morgan fingerprint density at radius 2 is 0.452 bits per heavy atom. The summed E-state index contributed by atoms with van der Waals surface area (Å²) in [6.45, 7) is 14.1. The molecule has 0 spiro atoms. The van der Waals surface area contributed by atoms with Gasteiger partial charge < -0.3 is 33.8 Å². The molecule has 0 saturated heterocycles. The Hall–Kier alpha value is -1.94. The maximum absolute atomic E-state index is 13.0. The minimum atomic E-state index is -4.95. The van der Waals surface area contributed by atoms with Gasteiger partial charge >= 0.3 is 39.5 Å². The van der Waals surface area contributed by atoms with Crippen LogP contribution in [0.2, 0.25) is 0 Å². The molecule has 552 valence electrons. The first-order chi connectivity index (χ1) is 44.6. The highest BCUT2D eigenvalue weighted by Gasteiger charge is 2.30. The summed E-state index contributed by atoms with van der Waals surface area (Å²) in [6, 6.07) is 0. The smallest absolute Gasteiger partial charge is 0.462 e. The van der Waals surface area contributed by atoms with E-state index in [0.717, 1.165) is 114 Å². The van der Waals surface area contributed by atoms with Crippen LogP contribution in [0.1, 0.15) is 370 Å².